The molecule has 7 rings (SSSR count). The molecule has 0 radical (unpaired) electrons. The van der Waals surface area contributed by atoms with E-state index in [0.29, 0.717) is 29.1 Å². The lowest BCUT2D eigenvalue weighted by Crippen LogP contribution is -2.64. The number of anilines is 4. The molecule has 0 atom stereocenters. The van der Waals surface area contributed by atoms with E-state index in [1.54, 1.807) is 19.2 Å². The molecule has 36 heavy (non-hydrogen) atoms. The first kappa shape index (κ1) is 23.9. The van der Waals surface area contributed by atoms with Gasteiger partial charge in [0.15, 0.2) is 0 Å². The Bertz CT molecular complexity index is 1050. The molecule has 1 aromatic carbocycles. The number of benzene rings is 1. The second-order valence-electron chi connectivity index (χ2n) is 10.8. The van der Waals surface area contributed by atoms with Crippen LogP contribution in [0, 0.1) is 17.8 Å². The van der Waals surface area contributed by atoms with Gasteiger partial charge in [0, 0.05) is 56.1 Å². The highest BCUT2D eigenvalue weighted by molar-refractivity contribution is 6.20. The Kier molecular flexibility index (Phi) is 6.06. The number of ether oxygens (including phenoxy) is 1. The van der Waals surface area contributed by atoms with Gasteiger partial charge >= 0.3 is 5.57 Å². The Hall–Kier alpha value is -2.46. The van der Waals surface area contributed by atoms with Crippen molar-refractivity contribution in [3.8, 4) is 5.75 Å². The monoisotopic (exact) mass is 519 g/mol. The number of rotatable bonds is 7. The van der Waals surface area contributed by atoms with Gasteiger partial charge in [-0.15, -0.1) is 8.78 Å². The zero-order valence-electron chi connectivity index (χ0n) is 20.4. The van der Waals surface area contributed by atoms with E-state index < -0.39 is 5.57 Å². The lowest BCUT2D eigenvalue weighted by molar-refractivity contribution is -0.0964. The highest BCUT2D eigenvalue weighted by atomic mass is 35.5. The van der Waals surface area contributed by atoms with Crippen molar-refractivity contribution in [2.45, 2.75) is 49.6 Å². The molecule has 11 heteroatoms. The van der Waals surface area contributed by atoms with Gasteiger partial charge in [-0.3, -0.25) is 4.90 Å². The minimum Gasteiger partial charge on any atom is -0.420 e. The van der Waals surface area contributed by atoms with Gasteiger partial charge in [0.05, 0.1) is 0 Å². The molecule has 1 saturated heterocycles. The van der Waals surface area contributed by atoms with E-state index in [1.165, 1.54) is 50.7 Å². The van der Waals surface area contributed by atoms with E-state index >= 15 is 0 Å². The molecule has 5 aliphatic rings. The van der Waals surface area contributed by atoms with Crippen LogP contribution in [0.4, 0.5) is 32.3 Å². The first-order valence-corrected chi connectivity index (χ1v) is 13.2. The van der Waals surface area contributed by atoms with Gasteiger partial charge in [-0.2, -0.15) is 15.0 Å². The summed E-state index contributed by atoms with van der Waals surface area (Å²) >= 11 is 4.84. The molecular weight excluding hydrogens is 488 g/mol. The Balaban J connectivity index is 1.13. The van der Waals surface area contributed by atoms with Crippen molar-refractivity contribution >= 4 is 35.1 Å². The smallest absolute Gasteiger partial charge is 0.420 e. The number of piperazine rings is 1. The highest BCUT2D eigenvalue weighted by Crippen LogP contribution is 2.57. The second-order valence-corrected chi connectivity index (χ2v) is 11.3. The average molecular weight is 520 g/mol. The molecule has 0 amide bonds. The van der Waals surface area contributed by atoms with Crippen LogP contribution in [0.3, 0.4) is 0 Å². The Labute approximate surface area is 214 Å². The minimum atomic E-state index is -3.75. The lowest BCUT2D eigenvalue weighted by Gasteiger charge is -2.61. The van der Waals surface area contributed by atoms with Crippen LogP contribution in [-0.4, -0.2) is 64.2 Å². The molecule has 4 aliphatic carbocycles. The molecule has 4 saturated carbocycles. The fourth-order valence-electron chi connectivity index (χ4n) is 7.38. The predicted octanol–water partition coefficient (Wildman–Crippen LogP) is 4.92. The molecule has 0 unspecified atom stereocenters. The van der Waals surface area contributed by atoms with E-state index in [4.69, 9.17) is 11.6 Å². The van der Waals surface area contributed by atoms with Crippen molar-refractivity contribution in [3.63, 3.8) is 0 Å². The molecule has 4 bridgehead atoms. The number of nitrogens with one attached hydrogen (secondary N) is 2. The van der Waals surface area contributed by atoms with E-state index in [9.17, 15) is 8.78 Å². The lowest BCUT2D eigenvalue weighted by atomic mass is 9.52. The highest BCUT2D eigenvalue weighted by Gasteiger charge is 2.53. The first-order valence-electron chi connectivity index (χ1n) is 12.8. The maximum Gasteiger partial charge on any atom is 0.487 e. The Morgan fingerprint density at radius 1 is 0.917 bits per heavy atom. The minimum absolute atomic E-state index is 0.0373. The Morgan fingerprint density at radius 2 is 1.50 bits per heavy atom. The molecule has 5 fully saturated rings. The third-order valence-electron chi connectivity index (χ3n) is 8.43. The van der Waals surface area contributed by atoms with Crippen molar-refractivity contribution in [2.24, 2.45) is 17.8 Å². The average Bonchev–Trinajstić information content (AvgIpc) is 2.83. The van der Waals surface area contributed by atoms with Crippen molar-refractivity contribution < 1.29 is 13.5 Å². The summed E-state index contributed by atoms with van der Waals surface area (Å²) in [7, 11) is 1.77. The van der Waals surface area contributed by atoms with Gasteiger partial charge < -0.3 is 20.3 Å². The SMILES string of the molecule is CNc1nc(Nc2ccc(OC(F)(F)Cl)cc2)nc(N2CCN(C34CC5CC(CC(C5)C3)C4)CC2)n1. The van der Waals surface area contributed by atoms with Crippen LogP contribution < -0.4 is 20.3 Å². The summed E-state index contributed by atoms with van der Waals surface area (Å²) in [6.07, 6.45) is 8.53. The molecule has 0 spiro atoms. The van der Waals surface area contributed by atoms with Gasteiger partial charge in [-0.25, -0.2) is 0 Å². The maximum absolute atomic E-state index is 12.9. The number of halogens is 3. The number of aromatic nitrogens is 3. The number of alkyl halides is 3. The molecule has 2 N–H and O–H groups in total. The van der Waals surface area contributed by atoms with E-state index in [1.807, 2.05) is 0 Å². The van der Waals surface area contributed by atoms with Gasteiger partial charge in [0.1, 0.15) is 5.75 Å². The van der Waals surface area contributed by atoms with Crippen LogP contribution in [0.5, 0.6) is 5.75 Å². The van der Waals surface area contributed by atoms with Crippen LogP contribution in [0.15, 0.2) is 24.3 Å². The van der Waals surface area contributed by atoms with E-state index in [2.05, 4.69) is 40.1 Å². The summed E-state index contributed by atoms with van der Waals surface area (Å²) < 4.78 is 30.1. The standard InChI is InChI=1S/C25H32ClF2N7O/c1-29-21-31-22(30-19-2-4-20(5-3-19)36-25(26,27)28)33-23(32-21)34-6-8-35(9-7-34)24-13-16-10-17(14-24)12-18(11-16)15-24/h2-5,16-18H,6-15H2,1H3,(H2,29,30,31,32,33). The summed E-state index contributed by atoms with van der Waals surface area (Å²) in [6.45, 7) is 3.82. The van der Waals surface area contributed by atoms with Crippen molar-refractivity contribution in [3.05, 3.63) is 24.3 Å². The molecule has 8 nitrogen and oxygen atoms in total. The number of hydrogen-bond donors (Lipinski definition) is 2. The van der Waals surface area contributed by atoms with Gasteiger partial charge in [0.2, 0.25) is 17.8 Å². The summed E-state index contributed by atoms with van der Waals surface area (Å²) in [5, 5.41) is 6.14. The van der Waals surface area contributed by atoms with Gasteiger partial charge in [-0.05, 0) is 80.5 Å². The number of hydrogen-bond acceptors (Lipinski definition) is 8. The third kappa shape index (κ3) is 4.89. The fraction of sp³-hybridized carbons (Fsp3) is 0.640. The third-order valence-corrected chi connectivity index (χ3v) is 8.51. The number of nitrogens with zero attached hydrogens (tertiary/aromatic N) is 5. The topological polar surface area (TPSA) is 78.4 Å². The molecule has 1 aliphatic heterocycles. The fourth-order valence-corrected chi connectivity index (χ4v) is 7.47. The van der Waals surface area contributed by atoms with Crippen molar-refractivity contribution in [2.75, 3.05) is 48.8 Å². The van der Waals surface area contributed by atoms with Crippen LogP contribution in [0.25, 0.3) is 0 Å². The predicted molar refractivity (Wildman–Crippen MR) is 135 cm³/mol. The summed E-state index contributed by atoms with van der Waals surface area (Å²) in [5.41, 5.74) is -2.70. The summed E-state index contributed by atoms with van der Waals surface area (Å²) in [5.74, 6) is 4.26. The molecule has 2 aromatic rings. The Morgan fingerprint density at radius 3 is 2.06 bits per heavy atom. The molecule has 2 heterocycles. The van der Waals surface area contributed by atoms with Crippen LogP contribution in [0.2, 0.25) is 0 Å². The van der Waals surface area contributed by atoms with Gasteiger partial charge in [0.25, 0.3) is 0 Å². The maximum atomic E-state index is 12.9. The largest absolute Gasteiger partial charge is 0.487 e. The summed E-state index contributed by atoms with van der Waals surface area (Å²) in [4.78, 5) is 18.7. The first-order chi connectivity index (χ1) is 17.3. The second kappa shape index (κ2) is 9.13. The van der Waals surface area contributed by atoms with Gasteiger partial charge in [-0.1, -0.05) is 0 Å². The van der Waals surface area contributed by atoms with Crippen LogP contribution in [0.1, 0.15) is 38.5 Å². The van der Waals surface area contributed by atoms with E-state index in [0.717, 1.165) is 43.9 Å². The van der Waals surface area contributed by atoms with Crippen LogP contribution >= 0.6 is 11.6 Å². The van der Waals surface area contributed by atoms with Crippen LogP contribution in [-0.2, 0) is 0 Å². The van der Waals surface area contributed by atoms with E-state index in [-0.39, 0.29) is 5.75 Å². The molecule has 194 valence electrons. The zero-order chi connectivity index (χ0) is 24.9. The summed E-state index contributed by atoms with van der Waals surface area (Å²) in [6, 6.07) is 6.02. The normalized spacial score (nSPS) is 29.9. The molecular formula is C25H32ClF2N7O. The zero-order valence-corrected chi connectivity index (χ0v) is 21.1. The van der Waals surface area contributed by atoms with Crippen molar-refractivity contribution in [1.82, 2.24) is 19.9 Å². The quantitative estimate of drug-likeness (QED) is 0.499. The van der Waals surface area contributed by atoms with Crippen molar-refractivity contribution in [1.29, 1.82) is 0 Å². The molecule has 1 aromatic heterocycles.